The Morgan fingerprint density at radius 1 is 1.33 bits per heavy atom. The highest BCUT2D eigenvalue weighted by Gasteiger charge is 2.20. The van der Waals surface area contributed by atoms with Gasteiger partial charge in [0.15, 0.2) is 0 Å². The van der Waals surface area contributed by atoms with Gasteiger partial charge in [0.2, 0.25) is 15.9 Å². The Labute approximate surface area is 90.7 Å². The lowest BCUT2D eigenvalue weighted by molar-refractivity contribution is -0.118. The van der Waals surface area contributed by atoms with Crippen molar-refractivity contribution in [1.29, 1.82) is 0 Å². The molecule has 1 saturated carbocycles. The van der Waals surface area contributed by atoms with Crippen LogP contribution in [0.15, 0.2) is 0 Å². The molecular formula is C9H18N2O3S. The summed E-state index contributed by atoms with van der Waals surface area (Å²) in [5, 5.41) is 2.47. The zero-order valence-electron chi connectivity index (χ0n) is 8.95. The molecule has 0 aliphatic heterocycles. The van der Waals surface area contributed by atoms with Gasteiger partial charge >= 0.3 is 0 Å². The summed E-state index contributed by atoms with van der Waals surface area (Å²) >= 11 is 0. The molecule has 1 fully saturated rings. The third-order valence-electron chi connectivity index (χ3n) is 2.45. The molecule has 0 saturated heterocycles. The predicted octanol–water partition coefficient (Wildman–Crippen LogP) is -0.0155. The summed E-state index contributed by atoms with van der Waals surface area (Å²) in [5.41, 5.74) is 0. The standard InChI is InChI=1S/C9H18N2O3S/c1-8(12)10-6-7-15(13,14)11-9-4-2-3-5-9/h9,11H,2-7H2,1H3,(H,10,12). The molecule has 1 aliphatic rings. The second kappa shape index (κ2) is 5.46. The van der Waals surface area contributed by atoms with Gasteiger partial charge in [-0.1, -0.05) is 12.8 Å². The minimum Gasteiger partial charge on any atom is -0.355 e. The van der Waals surface area contributed by atoms with Gasteiger partial charge in [-0.05, 0) is 12.8 Å². The Hall–Kier alpha value is -0.620. The molecule has 0 aromatic rings. The lowest BCUT2D eigenvalue weighted by Gasteiger charge is -2.12. The Bertz CT molecular complexity index is 307. The number of rotatable bonds is 5. The molecule has 0 spiro atoms. The molecule has 1 aliphatic carbocycles. The molecule has 0 aromatic heterocycles. The maximum atomic E-state index is 11.5. The van der Waals surface area contributed by atoms with E-state index in [2.05, 4.69) is 10.0 Å². The number of sulfonamides is 1. The number of carbonyl (C=O) groups is 1. The summed E-state index contributed by atoms with van der Waals surface area (Å²) in [6.45, 7) is 1.55. The van der Waals surface area contributed by atoms with E-state index in [0.717, 1.165) is 25.7 Å². The van der Waals surface area contributed by atoms with Crippen LogP contribution in [0.4, 0.5) is 0 Å². The minimum absolute atomic E-state index is 0.0386. The van der Waals surface area contributed by atoms with Crippen molar-refractivity contribution >= 4 is 15.9 Å². The summed E-state index contributed by atoms with van der Waals surface area (Å²) in [6.07, 6.45) is 4.05. The van der Waals surface area contributed by atoms with Gasteiger partial charge in [0.05, 0.1) is 5.75 Å². The molecule has 0 unspecified atom stereocenters. The van der Waals surface area contributed by atoms with E-state index < -0.39 is 10.0 Å². The molecular weight excluding hydrogens is 216 g/mol. The Morgan fingerprint density at radius 3 is 2.47 bits per heavy atom. The second-order valence-corrected chi connectivity index (χ2v) is 5.77. The topological polar surface area (TPSA) is 75.3 Å². The smallest absolute Gasteiger partial charge is 0.216 e. The van der Waals surface area contributed by atoms with Gasteiger partial charge in [0, 0.05) is 19.5 Å². The highest BCUT2D eigenvalue weighted by molar-refractivity contribution is 7.89. The van der Waals surface area contributed by atoms with Crippen molar-refractivity contribution in [3.8, 4) is 0 Å². The molecule has 5 nitrogen and oxygen atoms in total. The van der Waals surface area contributed by atoms with Crippen molar-refractivity contribution in [2.24, 2.45) is 0 Å². The van der Waals surface area contributed by atoms with Crippen LogP contribution in [0.25, 0.3) is 0 Å². The van der Waals surface area contributed by atoms with E-state index >= 15 is 0 Å². The SMILES string of the molecule is CC(=O)NCCS(=O)(=O)NC1CCCC1. The van der Waals surface area contributed by atoms with Gasteiger partial charge in [0.25, 0.3) is 0 Å². The van der Waals surface area contributed by atoms with E-state index in [1.165, 1.54) is 6.92 Å². The fraction of sp³-hybridized carbons (Fsp3) is 0.889. The van der Waals surface area contributed by atoms with Crippen LogP contribution in [-0.2, 0) is 14.8 Å². The first kappa shape index (κ1) is 12.4. The summed E-state index contributed by atoms with van der Waals surface area (Å²) in [4.78, 5) is 10.5. The predicted molar refractivity (Wildman–Crippen MR) is 57.9 cm³/mol. The van der Waals surface area contributed by atoms with Gasteiger partial charge < -0.3 is 5.32 Å². The van der Waals surface area contributed by atoms with Crippen molar-refractivity contribution in [1.82, 2.24) is 10.0 Å². The minimum atomic E-state index is -3.23. The molecule has 88 valence electrons. The number of amides is 1. The van der Waals surface area contributed by atoms with Crippen LogP contribution in [0.3, 0.4) is 0 Å². The first-order valence-corrected chi connectivity index (χ1v) is 6.89. The Balaban J connectivity index is 2.28. The van der Waals surface area contributed by atoms with Crippen LogP contribution in [0, 0.1) is 0 Å². The summed E-state index contributed by atoms with van der Waals surface area (Å²) < 4.78 is 25.7. The van der Waals surface area contributed by atoms with E-state index in [9.17, 15) is 13.2 Å². The monoisotopic (exact) mass is 234 g/mol. The average Bonchev–Trinajstić information content (AvgIpc) is 2.54. The fourth-order valence-electron chi connectivity index (χ4n) is 1.72. The maximum Gasteiger partial charge on any atom is 0.216 e. The second-order valence-electron chi connectivity index (χ2n) is 3.90. The lowest BCUT2D eigenvalue weighted by Crippen LogP contribution is -2.38. The molecule has 0 aromatic carbocycles. The zero-order chi connectivity index (χ0) is 11.3. The molecule has 1 rings (SSSR count). The van der Waals surface area contributed by atoms with E-state index in [0.29, 0.717) is 0 Å². The maximum absolute atomic E-state index is 11.5. The first-order valence-electron chi connectivity index (χ1n) is 5.24. The van der Waals surface area contributed by atoms with Crippen molar-refractivity contribution < 1.29 is 13.2 Å². The number of nitrogens with one attached hydrogen (secondary N) is 2. The lowest BCUT2D eigenvalue weighted by atomic mass is 10.3. The van der Waals surface area contributed by atoms with Crippen LogP contribution in [0.2, 0.25) is 0 Å². The first-order chi connectivity index (χ1) is 6.99. The van der Waals surface area contributed by atoms with Crippen LogP contribution in [0.1, 0.15) is 32.6 Å². The summed E-state index contributed by atoms with van der Waals surface area (Å²) in [7, 11) is -3.23. The number of hydrogen-bond acceptors (Lipinski definition) is 3. The molecule has 15 heavy (non-hydrogen) atoms. The van der Waals surface area contributed by atoms with E-state index in [4.69, 9.17) is 0 Å². The molecule has 6 heteroatoms. The van der Waals surface area contributed by atoms with Crippen molar-refractivity contribution in [2.45, 2.75) is 38.6 Å². The van der Waals surface area contributed by atoms with Crippen LogP contribution >= 0.6 is 0 Å². The van der Waals surface area contributed by atoms with Gasteiger partial charge in [-0.3, -0.25) is 4.79 Å². The zero-order valence-corrected chi connectivity index (χ0v) is 9.77. The van der Waals surface area contributed by atoms with Crippen LogP contribution in [0.5, 0.6) is 0 Å². The number of carbonyl (C=O) groups excluding carboxylic acids is 1. The quantitative estimate of drug-likeness (QED) is 0.702. The van der Waals surface area contributed by atoms with Gasteiger partial charge in [-0.2, -0.15) is 0 Å². The van der Waals surface area contributed by atoms with E-state index in [-0.39, 0.29) is 24.2 Å². The van der Waals surface area contributed by atoms with Gasteiger partial charge in [0.1, 0.15) is 0 Å². The molecule has 2 N–H and O–H groups in total. The Morgan fingerprint density at radius 2 is 1.93 bits per heavy atom. The molecule has 0 bridgehead atoms. The van der Waals surface area contributed by atoms with Crippen molar-refractivity contribution in [2.75, 3.05) is 12.3 Å². The van der Waals surface area contributed by atoms with E-state index in [1.54, 1.807) is 0 Å². The fourth-order valence-corrected chi connectivity index (χ4v) is 2.95. The summed E-state index contributed by atoms with van der Waals surface area (Å²) in [6, 6.07) is 0.104. The van der Waals surface area contributed by atoms with Crippen molar-refractivity contribution in [3.63, 3.8) is 0 Å². The molecule has 1 amide bonds. The average molecular weight is 234 g/mol. The third kappa shape index (κ3) is 5.13. The summed E-state index contributed by atoms with van der Waals surface area (Å²) in [5.74, 6) is -0.241. The number of hydrogen-bond donors (Lipinski definition) is 2. The molecule has 0 heterocycles. The van der Waals surface area contributed by atoms with Crippen LogP contribution in [-0.4, -0.2) is 32.7 Å². The highest BCUT2D eigenvalue weighted by atomic mass is 32.2. The molecule has 0 radical (unpaired) electrons. The van der Waals surface area contributed by atoms with Crippen molar-refractivity contribution in [3.05, 3.63) is 0 Å². The van der Waals surface area contributed by atoms with Gasteiger partial charge in [-0.15, -0.1) is 0 Å². The Kier molecular flexibility index (Phi) is 4.53. The third-order valence-corrected chi connectivity index (χ3v) is 3.88. The largest absolute Gasteiger partial charge is 0.355 e. The normalized spacial score (nSPS) is 17.9. The highest BCUT2D eigenvalue weighted by Crippen LogP contribution is 2.18. The van der Waals surface area contributed by atoms with E-state index in [1.807, 2.05) is 0 Å². The molecule has 0 atom stereocenters. The van der Waals surface area contributed by atoms with Gasteiger partial charge in [-0.25, -0.2) is 13.1 Å². The van der Waals surface area contributed by atoms with Crippen LogP contribution < -0.4 is 10.0 Å².